The molecule has 2 fully saturated rings. The zero-order chi connectivity index (χ0) is 14.4. The molecule has 2 rings (SSSR count). The summed E-state index contributed by atoms with van der Waals surface area (Å²) in [6.07, 6.45) is 5.68. The van der Waals surface area contributed by atoms with Crippen LogP contribution in [-0.2, 0) is 9.53 Å². The minimum atomic E-state index is -0.377. The van der Waals surface area contributed by atoms with E-state index in [4.69, 9.17) is 10.5 Å². The van der Waals surface area contributed by atoms with Crippen LogP contribution in [0.25, 0.3) is 0 Å². The number of rotatable bonds is 5. The summed E-state index contributed by atoms with van der Waals surface area (Å²) < 4.78 is 5.31. The number of hydrogen-bond donors (Lipinski definition) is 2. The summed E-state index contributed by atoms with van der Waals surface area (Å²) in [4.78, 5) is 14.5. The van der Waals surface area contributed by atoms with E-state index < -0.39 is 0 Å². The molecule has 3 N–H and O–H groups in total. The van der Waals surface area contributed by atoms with Crippen LogP contribution in [0.5, 0.6) is 0 Å². The number of piperidine rings is 1. The number of carbonyl (C=O) groups is 1. The minimum Gasteiger partial charge on any atom is -0.381 e. The van der Waals surface area contributed by atoms with E-state index in [0.717, 1.165) is 39.1 Å². The highest BCUT2D eigenvalue weighted by molar-refractivity contribution is 5.85. The van der Waals surface area contributed by atoms with Gasteiger partial charge in [0, 0.05) is 32.3 Å². The van der Waals surface area contributed by atoms with Gasteiger partial charge < -0.3 is 15.8 Å². The van der Waals surface area contributed by atoms with Crippen LogP contribution >= 0.6 is 24.8 Å². The van der Waals surface area contributed by atoms with Crippen LogP contribution < -0.4 is 11.1 Å². The summed E-state index contributed by atoms with van der Waals surface area (Å²) in [6, 6.07) is 0.266. The SMILES string of the molecule is CC1CCCCN1CCNC(=O)C(N)C1CCOCC1.Cl.Cl. The van der Waals surface area contributed by atoms with Crippen molar-refractivity contribution in [2.45, 2.75) is 51.1 Å². The van der Waals surface area contributed by atoms with E-state index in [2.05, 4.69) is 17.1 Å². The molecule has 2 unspecified atom stereocenters. The number of nitrogens with one attached hydrogen (secondary N) is 1. The van der Waals surface area contributed by atoms with Crippen molar-refractivity contribution in [3.05, 3.63) is 0 Å². The number of carbonyl (C=O) groups excluding carboxylic acids is 1. The molecule has 2 atom stereocenters. The molecule has 0 radical (unpaired) electrons. The fourth-order valence-corrected chi connectivity index (χ4v) is 3.22. The van der Waals surface area contributed by atoms with Gasteiger partial charge in [0.1, 0.15) is 0 Å². The Bertz CT molecular complexity index is 315. The molecule has 0 aromatic rings. The third-order valence-corrected chi connectivity index (χ3v) is 4.72. The predicted molar refractivity (Wildman–Crippen MR) is 93.9 cm³/mol. The van der Waals surface area contributed by atoms with Gasteiger partial charge in [-0.3, -0.25) is 9.69 Å². The topological polar surface area (TPSA) is 67.6 Å². The molecule has 2 aliphatic rings. The van der Waals surface area contributed by atoms with Crippen LogP contribution in [0.3, 0.4) is 0 Å². The first kappa shape index (κ1) is 21.9. The standard InChI is InChI=1S/C15H29N3O2.2ClH/c1-12-4-2-3-8-18(12)9-7-17-15(19)14(16)13-5-10-20-11-6-13;;/h12-14H,2-11,16H2,1H3,(H,17,19);2*1H. The molecule has 0 saturated carbocycles. The zero-order valence-corrected chi connectivity index (χ0v) is 15.1. The Balaban J connectivity index is 0.00000220. The average molecular weight is 356 g/mol. The van der Waals surface area contributed by atoms with Gasteiger partial charge in [-0.2, -0.15) is 0 Å². The Hall–Kier alpha value is -0.0700. The third kappa shape index (κ3) is 6.59. The van der Waals surface area contributed by atoms with Crippen LogP contribution in [0.2, 0.25) is 0 Å². The predicted octanol–water partition coefficient (Wildman–Crippen LogP) is 1.57. The Morgan fingerprint density at radius 3 is 2.59 bits per heavy atom. The zero-order valence-electron chi connectivity index (χ0n) is 13.5. The first-order valence-corrected chi connectivity index (χ1v) is 8.03. The maximum Gasteiger partial charge on any atom is 0.237 e. The van der Waals surface area contributed by atoms with E-state index in [1.165, 1.54) is 19.3 Å². The van der Waals surface area contributed by atoms with Crippen molar-refractivity contribution in [2.75, 3.05) is 32.8 Å². The van der Waals surface area contributed by atoms with Crippen molar-refractivity contribution in [2.24, 2.45) is 11.7 Å². The van der Waals surface area contributed by atoms with Crippen LogP contribution in [0.1, 0.15) is 39.0 Å². The number of likely N-dealkylation sites (tertiary alicyclic amines) is 1. The van der Waals surface area contributed by atoms with E-state index in [1.807, 2.05) is 0 Å². The number of nitrogens with two attached hydrogens (primary N) is 1. The molecule has 2 saturated heterocycles. The van der Waals surface area contributed by atoms with Gasteiger partial charge in [0.05, 0.1) is 6.04 Å². The van der Waals surface area contributed by atoms with Crippen LogP contribution in [-0.4, -0.2) is 55.7 Å². The molecular formula is C15H31Cl2N3O2. The highest BCUT2D eigenvalue weighted by Gasteiger charge is 2.26. The highest BCUT2D eigenvalue weighted by Crippen LogP contribution is 2.18. The molecule has 0 aliphatic carbocycles. The smallest absolute Gasteiger partial charge is 0.237 e. The largest absolute Gasteiger partial charge is 0.381 e. The summed E-state index contributed by atoms with van der Waals surface area (Å²) in [5, 5.41) is 3.00. The van der Waals surface area contributed by atoms with Crippen LogP contribution in [0.4, 0.5) is 0 Å². The monoisotopic (exact) mass is 355 g/mol. The number of halogens is 2. The number of ether oxygens (including phenoxy) is 1. The lowest BCUT2D eigenvalue weighted by molar-refractivity contribution is -0.124. The molecule has 2 aliphatic heterocycles. The Labute approximate surface area is 146 Å². The lowest BCUT2D eigenvalue weighted by Crippen LogP contribution is -2.49. The minimum absolute atomic E-state index is 0. The van der Waals surface area contributed by atoms with Crippen molar-refractivity contribution in [1.82, 2.24) is 10.2 Å². The van der Waals surface area contributed by atoms with E-state index in [-0.39, 0.29) is 42.7 Å². The van der Waals surface area contributed by atoms with E-state index in [0.29, 0.717) is 12.6 Å². The highest BCUT2D eigenvalue weighted by atomic mass is 35.5. The molecule has 2 heterocycles. The maximum absolute atomic E-state index is 12.1. The summed E-state index contributed by atoms with van der Waals surface area (Å²) in [5.41, 5.74) is 6.06. The van der Waals surface area contributed by atoms with Gasteiger partial charge in [0.2, 0.25) is 5.91 Å². The van der Waals surface area contributed by atoms with E-state index >= 15 is 0 Å². The number of nitrogens with zero attached hydrogens (tertiary/aromatic N) is 1. The summed E-state index contributed by atoms with van der Waals surface area (Å²) in [6.45, 7) is 6.54. The fraction of sp³-hybridized carbons (Fsp3) is 0.933. The molecule has 7 heteroatoms. The molecule has 0 bridgehead atoms. The average Bonchev–Trinajstić information content (AvgIpc) is 2.49. The van der Waals surface area contributed by atoms with Gasteiger partial charge in [-0.1, -0.05) is 6.42 Å². The van der Waals surface area contributed by atoms with Gasteiger partial charge in [0.25, 0.3) is 0 Å². The first-order chi connectivity index (χ1) is 9.68. The number of hydrogen-bond acceptors (Lipinski definition) is 4. The molecule has 1 amide bonds. The molecular weight excluding hydrogens is 325 g/mol. The van der Waals surface area contributed by atoms with E-state index in [1.54, 1.807) is 0 Å². The number of amides is 1. The van der Waals surface area contributed by atoms with Crippen molar-refractivity contribution in [3.63, 3.8) is 0 Å². The summed E-state index contributed by atoms with van der Waals surface area (Å²) in [5.74, 6) is 0.277. The molecule has 0 aromatic carbocycles. The van der Waals surface area contributed by atoms with Gasteiger partial charge >= 0.3 is 0 Å². The first-order valence-electron chi connectivity index (χ1n) is 8.03. The van der Waals surface area contributed by atoms with E-state index in [9.17, 15) is 4.79 Å². The van der Waals surface area contributed by atoms with Crippen molar-refractivity contribution >= 4 is 30.7 Å². The fourth-order valence-electron chi connectivity index (χ4n) is 3.22. The second kappa shape index (κ2) is 11.5. The molecule has 132 valence electrons. The lowest BCUT2D eigenvalue weighted by atomic mass is 9.92. The molecule has 0 spiro atoms. The van der Waals surface area contributed by atoms with Gasteiger partial charge in [-0.25, -0.2) is 0 Å². The van der Waals surface area contributed by atoms with Crippen LogP contribution in [0.15, 0.2) is 0 Å². The molecule has 5 nitrogen and oxygen atoms in total. The summed E-state index contributed by atoms with van der Waals surface area (Å²) >= 11 is 0. The third-order valence-electron chi connectivity index (χ3n) is 4.72. The molecule has 0 aromatic heterocycles. The van der Waals surface area contributed by atoms with Gasteiger partial charge in [-0.05, 0) is 45.1 Å². The van der Waals surface area contributed by atoms with Crippen LogP contribution in [0, 0.1) is 5.92 Å². The Morgan fingerprint density at radius 1 is 1.27 bits per heavy atom. The van der Waals surface area contributed by atoms with Gasteiger partial charge in [0.15, 0.2) is 0 Å². The van der Waals surface area contributed by atoms with Crippen molar-refractivity contribution in [1.29, 1.82) is 0 Å². The maximum atomic E-state index is 12.1. The quantitative estimate of drug-likeness (QED) is 0.785. The summed E-state index contributed by atoms with van der Waals surface area (Å²) in [7, 11) is 0. The Morgan fingerprint density at radius 2 is 1.95 bits per heavy atom. The normalized spacial score (nSPS) is 24.7. The van der Waals surface area contributed by atoms with Crippen molar-refractivity contribution in [3.8, 4) is 0 Å². The van der Waals surface area contributed by atoms with Gasteiger partial charge in [-0.15, -0.1) is 24.8 Å². The second-order valence-electron chi connectivity index (χ2n) is 6.15. The Kier molecular flexibility index (Phi) is 11.4. The van der Waals surface area contributed by atoms with Crippen molar-refractivity contribution < 1.29 is 9.53 Å². The molecule has 22 heavy (non-hydrogen) atoms. The lowest BCUT2D eigenvalue weighted by Gasteiger charge is -2.33. The second-order valence-corrected chi connectivity index (χ2v) is 6.15.